The van der Waals surface area contributed by atoms with Crippen LogP contribution in [0.1, 0.15) is 5.56 Å². The van der Waals surface area contributed by atoms with E-state index in [-0.39, 0.29) is 29.6 Å². The van der Waals surface area contributed by atoms with Crippen molar-refractivity contribution in [1.82, 2.24) is 0 Å². The third-order valence-electron chi connectivity index (χ3n) is 0.843. The quantitative estimate of drug-likeness (QED) is 0.262. The van der Waals surface area contributed by atoms with Gasteiger partial charge in [0.25, 0.3) is 0 Å². The van der Waals surface area contributed by atoms with Crippen molar-refractivity contribution in [3.63, 3.8) is 0 Å². The number of rotatable bonds is 0. The Hall–Kier alpha value is 0.200. The molecule has 3 N–H and O–H groups in total. The molecule has 1 aromatic carbocycles. The SMILES string of the molecule is O=P(O)(O)O.[CH2-]c1ccccc1.[Na+]. The van der Waals surface area contributed by atoms with E-state index in [4.69, 9.17) is 19.2 Å². The minimum Gasteiger partial charge on any atom is -0.303 e. The molecule has 0 aliphatic heterocycles. The summed E-state index contributed by atoms with van der Waals surface area (Å²) in [6.45, 7) is 3.72. The van der Waals surface area contributed by atoms with Crippen LogP contribution in [-0.2, 0) is 4.57 Å². The number of phosphoric acid groups is 1. The molecule has 1 rings (SSSR count). The zero-order valence-corrected chi connectivity index (χ0v) is 10.2. The van der Waals surface area contributed by atoms with Gasteiger partial charge in [0.2, 0.25) is 0 Å². The molecule has 0 radical (unpaired) electrons. The standard InChI is InChI=1S/C7H7.Na.H3O4P/c1-7-5-3-2-4-6-7;;1-5(2,3)4/h2-6H,1H2;;(H3,1,2,3,4)/q-1;+1;. The largest absolute Gasteiger partial charge is 1.00 e. The summed E-state index contributed by atoms with van der Waals surface area (Å²) in [6.07, 6.45) is 0. The van der Waals surface area contributed by atoms with E-state index in [1.54, 1.807) is 0 Å². The maximum atomic E-state index is 8.88. The molecule has 0 amide bonds. The van der Waals surface area contributed by atoms with Crippen molar-refractivity contribution in [2.24, 2.45) is 0 Å². The molecule has 0 aliphatic carbocycles. The Balaban J connectivity index is 0. The molecule has 0 unspecified atom stereocenters. The Morgan fingerprint density at radius 3 is 1.54 bits per heavy atom. The third kappa shape index (κ3) is 18.9. The second-order valence-corrected chi connectivity index (χ2v) is 3.03. The molecule has 0 atom stereocenters. The molecule has 0 aliphatic rings. The fourth-order valence-corrected chi connectivity index (χ4v) is 0.478. The summed E-state index contributed by atoms with van der Waals surface area (Å²) in [5.41, 5.74) is 1.07. The van der Waals surface area contributed by atoms with Gasteiger partial charge in [-0.15, -0.1) is 12.1 Å². The molecule has 68 valence electrons. The Morgan fingerprint density at radius 2 is 1.38 bits per heavy atom. The fraction of sp³-hybridized carbons (Fsp3) is 0. The average molecular weight is 212 g/mol. The number of benzene rings is 1. The van der Waals surface area contributed by atoms with Crippen LogP contribution in [-0.4, -0.2) is 14.7 Å². The van der Waals surface area contributed by atoms with Crippen LogP contribution in [0.15, 0.2) is 30.3 Å². The first-order valence-corrected chi connectivity index (χ1v) is 4.61. The van der Waals surface area contributed by atoms with E-state index in [9.17, 15) is 0 Å². The Labute approximate surface area is 99.1 Å². The molecule has 0 saturated carbocycles. The predicted molar refractivity (Wildman–Crippen MR) is 45.2 cm³/mol. The Morgan fingerprint density at radius 1 is 1.08 bits per heavy atom. The summed E-state index contributed by atoms with van der Waals surface area (Å²) >= 11 is 0. The topological polar surface area (TPSA) is 77.8 Å². The molecule has 13 heavy (non-hydrogen) atoms. The van der Waals surface area contributed by atoms with E-state index in [1.165, 1.54) is 0 Å². The summed E-state index contributed by atoms with van der Waals surface area (Å²) in [7, 11) is -4.64. The first kappa shape index (κ1) is 15.7. The van der Waals surface area contributed by atoms with E-state index in [1.807, 2.05) is 30.3 Å². The van der Waals surface area contributed by atoms with Gasteiger partial charge in [-0.2, -0.15) is 24.6 Å². The van der Waals surface area contributed by atoms with Crippen LogP contribution < -0.4 is 29.6 Å². The van der Waals surface area contributed by atoms with Crippen LogP contribution in [0.25, 0.3) is 0 Å². The molecule has 0 fully saturated rings. The molecule has 0 aromatic heterocycles. The molecule has 6 heteroatoms. The van der Waals surface area contributed by atoms with Crippen LogP contribution in [0.5, 0.6) is 0 Å². The van der Waals surface area contributed by atoms with Gasteiger partial charge >= 0.3 is 37.4 Å². The molecule has 4 nitrogen and oxygen atoms in total. The Bertz CT molecular complexity index is 250. The summed E-state index contributed by atoms with van der Waals surface area (Å²) < 4.78 is 8.88. The van der Waals surface area contributed by atoms with Crippen LogP contribution in [0.3, 0.4) is 0 Å². The van der Waals surface area contributed by atoms with Gasteiger partial charge in [0.15, 0.2) is 0 Å². The zero-order valence-electron chi connectivity index (χ0n) is 7.29. The zero-order chi connectivity index (χ0) is 9.61. The van der Waals surface area contributed by atoms with Crippen molar-refractivity contribution in [3.8, 4) is 0 Å². The second-order valence-electron chi connectivity index (χ2n) is 2.00. The van der Waals surface area contributed by atoms with Crippen molar-refractivity contribution in [1.29, 1.82) is 0 Å². The smallest absolute Gasteiger partial charge is 0.303 e. The summed E-state index contributed by atoms with van der Waals surface area (Å²) in [6, 6.07) is 9.87. The van der Waals surface area contributed by atoms with Gasteiger partial charge in [0.1, 0.15) is 0 Å². The van der Waals surface area contributed by atoms with Gasteiger partial charge in [-0.25, -0.2) is 4.57 Å². The van der Waals surface area contributed by atoms with Gasteiger partial charge < -0.3 is 14.7 Å². The van der Waals surface area contributed by atoms with E-state index >= 15 is 0 Å². The second kappa shape index (κ2) is 7.59. The van der Waals surface area contributed by atoms with Crippen molar-refractivity contribution in [2.75, 3.05) is 0 Å². The first-order chi connectivity index (χ1) is 5.39. The summed E-state index contributed by atoms with van der Waals surface area (Å²) in [5.74, 6) is 0. The van der Waals surface area contributed by atoms with Crippen LogP contribution >= 0.6 is 7.82 Å². The van der Waals surface area contributed by atoms with Crippen LogP contribution in [0.2, 0.25) is 0 Å². The predicted octanol–water partition coefficient (Wildman–Crippen LogP) is -2.06. The molecular weight excluding hydrogens is 202 g/mol. The van der Waals surface area contributed by atoms with E-state index in [2.05, 4.69) is 6.92 Å². The Kier molecular flexibility index (Phi) is 9.14. The maximum absolute atomic E-state index is 8.88. The molecular formula is C7H10NaO4P. The molecule has 0 heterocycles. The van der Waals surface area contributed by atoms with Gasteiger partial charge in [-0.05, 0) is 0 Å². The average Bonchev–Trinajstić information content (AvgIpc) is 1.85. The third-order valence-corrected chi connectivity index (χ3v) is 0.843. The molecule has 0 bridgehead atoms. The van der Waals surface area contributed by atoms with E-state index in [0.29, 0.717) is 0 Å². The van der Waals surface area contributed by atoms with Crippen LogP contribution in [0.4, 0.5) is 0 Å². The van der Waals surface area contributed by atoms with Crippen molar-refractivity contribution in [2.45, 2.75) is 0 Å². The number of hydrogen-bond donors (Lipinski definition) is 3. The van der Waals surface area contributed by atoms with Crippen LogP contribution in [0, 0.1) is 6.92 Å². The van der Waals surface area contributed by atoms with Crippen molar-refractivity contribution in [3.05, 3.63) is 42.8 Å². The van der Waals surface area contributed by atoms with Crippen molar-refractivity contribution >= 4 is 7.82 Å². The minimum atomic E-state index is -4.64. The normalized spacial score (nSPS) is 9.15. The van der Waals surface area contributed by atoms with E-state index in [0.717, 1.165) is 5.56 Å². The van der Waals surface area contributed by atoms with Gasteiger partial charge in [-0.1, -0.05) is 6.07 Å². The fourth-order valence-electron chi connectivity index (χ4n) is 0.478. The van der Waals surface area contributed by atoms with Gasteiger partial charge in [-0.3, -0.25) is 0 Å². The van der Waals surface area contributed by atoms with Gasteiger partial charge in [0, 0.05) is 0 Å². The molecule has 0 spiro atoms. The van der Waals surface area contributed by atoms with Gasteiger partial charge in [0.05, 0.1) is 0 Å². The van der Waals surface area contributed by atoms with E-state index < -0.39 is 7.82 Å². The molecule has 0 saturated heterocycles. The first-order valence-electron chi connectivity index (χ1n) is 3.05. The molecule has 1 aromatic rings. The summed E-state index contributed by atoms with van der Waals surface area (Å²) in [5, 5.41) is 0. The van der Waals surface area contributed by atoms with Crippen molar-refractivity contribution < 1.29 is 48.8 Å². The summed E-state index contributed by atoms with van der Waals surface area (Å²) in [4.78, 5) is 21.6. The maximum Gasteiger partial charge on any atom is 1.00 e. The minimum absolute atomic E-state index is 0. The monoisotopic (exact) mass is 212 g/mol. The number of hydrogen-bond acceptors (Lipinski definition) is 1.